The first-order chi connectivity index (χ1) is 18.9. The van der Waals surface area contributed by atoms with E-state index in [2.05, 4.69) is 21.1 Å². The van der Waals surface area contributed by atoms with Gasteiger partial charge in [-0.05, 0) is 82.6 Å². The maximum absolute atomic E-state index is 13.6. The SMILES string of the molecule is Cc1cc(C)n2nc(N(C)C3C(=O)OC(CCc4ccc(C(C)(C)C#N)c(Cl)c4)(C4CCCC4)CC3O)nc2n1. The Balaban J connectivity index is 1.38. The smallest absolute Gasteiger partial charge is 0.332 e. The molecule has 3 aromatic rings. The van der Waals surface area contributed by atoms with Gasteiger partial charge in [-0.1, -0.05) is 36.6 Å². The first kappa shape index (κ1) is 28.3. The Morgan fingerprint density at radius 3 is 2.62 bits per heavy atom. The Bertz CT molecular complexity index is 1470. The molecule has 10 heteroatoms. The van der Waals surface area contributed by atoms with Gasteiger partial charge < -0.3 is 14.7 Å². The second kappa shape index (κ2) is 10.6. The first-order valence-electron chi connectivity index (χ1n) is 14.0. The van der Waals surface area contributed by atoms with Crippen molar-refractivity contribution in [2.45, 2.75) is 95.8 Å². The largest absolute Gasteiger partial charge is 0.457 e. The van der Waals surface area contributed by atoms with E-state index in [1.54, 1.807) is 16.5 Å². The van der Waals surface area contributed by atoms with Crippen molar-refractivity contribution in [3.8, 4) is 6.07 Å². The van der Waals surface area contributed by atoms with Crippen molar-refractivity contribution in [2.75, 3.05) is 11.9 Å². The number of carbonyl (C=O) groups excluding carboxylic acids is 1. The number of benzene rings is 1. The van der Waals surface area contributed by atoms with Gasteiger partial charge in [0.2, 0.25) is 5.95 Å². The maximum Gasteiger partial charge on any atom is 0.332 e. The monoisotopic (exact) mass is 564 g/mol. The highest BCUT2D eigenvalue weighted by Crippen LogP contribution is 2.45. The lowest BCUT2D eigenvalue weighted by Gasteiger charge is -2.47. The second-order valence-electron chi connectivity index (χ2n) is 12.0. The Morgan fingerprint density at radius 2 is 1.98 bits per heavy atom. The molecular weight excluding hydrogens is 528 g/mol. The highest BCUT2D eigenvalue weighted by Gasteiger charge is 2.53. The van der Waals surface area contributed by atoms with E-state index in [0.29, 0.717) is 36.0 Å². The topological polar surface area (TPSA) is 117 Å². The molecule has 1 saturated carbocycles. The average molecular weight is 565 g/mol. The highest BCUT2D eigenvalue weighted by atomic mass is 35.5. The summed E-state index contributed by atoms with van der Waals surface area (Å²) < 4.78 is 7.99. The molecule has 1 N–H and O–H groups in total. The standard InChI is InChI=1S/C30H37ClN6O3/c1-18-14-19(2)37-27(33-18)34-28(35-37)36(5)25-24(38)16-30(40-26(25)39,21-8-6-7-9-21)13-12-20-10-11-22(23(31)15-20)29(3,4)17-32/h10-11,14-15,21,24-25,38H,6-9,12-13,16H2,1-5H3. The predicted molar refractivity (Wildman–Crippen MR) is 152 cm³/mol. The number of hydrogen-bond acceptors (Lipinski definition) is 8. The number of carbonyl (C=O) groups is 1. The van der Waals surface area contributed by atoms with Gasteiger partial charge in [-0.25, -0.2) is 9.78 Å². The molecule has 1 aliphatic carbocycles. The van der Waals surface area contributed by atoms with Crippen molar-refractivity contribution in [2.24, 2.45) is 5.92 Å². The fraction of sp³-hybridized carbons (Fsp3) is 0.567. The van der Waals surface area contributed by atoms with Crippen LogP contribution >= 0.6 is 11.6 Å². The van der Waals surface area contributed by atoms with E-state index in [-0.39, 0.29) is 5.92 Å². The van der Waals surface area contributed by atoms with E-state index in [0.717, 1.165) is 48.2 Å². The molecule has 5 rings (SSSR count). The minimum Gasteiger partial charge on any atom is -0.457 e. The molecule has 2 aromatic heterocycles. The number of halogens is 1. The van der Waals surface area contributed by atoms with Gasteiger partial charge in [0, 0.05) is 29.9 Å². The lowest BCUT2D eigenvalue weighted by atomic mass is 9.74. The Labute approximate surface area is 240 Å². The van der Waals surface area contributed by atoms with Gasteiger partial charge >= 0.3 is 5.97 Å². The van der Waals surface area contributed by atoms with Gasteiger partial charge in [0.05, 0.1) is 17.6 Å². The number of likely N-dealkylation sites (N-methyl/N-ethyl adjacent to an activating group) is 1. The molecule has 1 aliphatic heterocycles. The number of cyclic esters (lactones) is 1. The van der Waals surface area contributed by atoms with Crippen LogP contribution in [-0.2, 0) is 21.4 Å². The predicted octanol–water partition coefficient (Wildman–Crippen LogP) is 4.87. The molecule has 9 nitrogen and oxygen atoms in total. The number of nitrogens with zero attached hydrogens (tertiary/aromatic N) is 6. The van der Waals surface area contributed by atoms with Crippen LogP contribution in [0.3, 0.4) is 0 Å². The van der Waals surface area contributed by atoms with Gasteiger partial charge in [-0.2, -0.15) is 14.8 Å². The van der Waals surface area contributed by atoms with Crippen molar-refractivity contribution in [1.82, 2.24) is 19.6 Å². The van der Waals surface area contributed by atoms with Crippen LogP contribution in [0.2, 0.25) is 5.02 Å². The Morgan fingerprint density at radius 1 is 1.25 bits per heavy atom. The Kier molecular flexibility index (Phi) is 7.53. The lowest BCUT2D eigenvalue weighted by molar-refractivity contribution is -0.190. The zero-order chi connectivity index (χ0) is 28.8. The van der Waals surface area contributed by atoms with Crippen LogP contribution in [0.15, 0.2) is 24.3 Å². The van der Waals surface area contributed by atoms with E-state index < -0.39 is 29.1 Å². The molecule has 3 atom stereocenters. The van der Waals surface area contributed by atoms with Crippen LogP contribution in [0.5, 0.6) is 0 Å². The fourth-order valence-electron chi connectivity index (χ4n) is 6.47. The molecule has 2 fully saturated rings. The van der Waals surface area contributed by atoms with Crippen LogP contribution in [0.4, 0.5) is 5.95 Å². The average Bonchev–Trinajstić information content (AvgIpc) is 3.58. The normalized spacial score (nSPS) is 23.8. The third-order valence-corrected chi connectivity index (χ3v) is 9.04. The molecule has 0 radical (unpaired) electrons. The molecule has 0 bridgehead atoms. The van der Waals surface area contributed by atoms with Crippen molar-refractivity contribution < 1.29 is 14.6 Å². The highest BCUT2D eigenvalue weighted by molar-refractivity contribution is 6.31. The number of fused-ring (bicyclic) bond motifs is 1. The molecule has 1 aromatic carbocycles. The number of hydrogen-bond donors (Lipinski definition) is 1. The Hall–Kier alpha value is -3.22. The molecule has 3 heterocycles. The van der Waals surface area contributed by atoms with Gasteiger partial charge in [0.1, 0.15) is 5.60 Å². The van der Waals surface area contributed by atoms with Gasteiger partial charge in [0.15, 0.2) is 6.04 Å². The number of anilines is 1. The molecule has 0 spiro atoms. The number of nitriles is 1. The van der Waals surface area contributed by atoms with Gasteiger partial charge in [0.25, 0.3) is 5.78 Å². The van der Waals surface area contributed by atoms with Crippen LogP contribution < -0.4 is 4.90 Å². The van der Waals surface area contributed by atoms with Crippen molar-refractivity contribution in [3.05, 3.63) is 51.8 Å². The summed E-state index contributed by atoms with van der Waals surface area (Å²) in [6.07, 6.45) is 4.73. The van der Waals surface area contributed by atoms with Gasteiger partial charge in [-0.15, -0.1) is 5.10 Å². The van der Waals surface area contributed by atoms with Crippen LogP contribution in [0.1, 0.15) is 74.9 Å². The molecule has 40 heavy (non-hydrogen) atoms. The maximum atomic E-state index is 13.6. The van der Waals surface area contributed by atoms with E-state index in [1.165, 1.54) is 0 Å². The van der Waals surface area contributed by atoms with Crippen molar-refractivity contribution in [3.63, 3.8) is 0 Å². The van der Waals surface area contributed by atoms with Crippen LogP contribution in [-0.4, -0.2) is 55.5 Å². The fourth-order valence-corrected chi connectivity index (χ4v) is 6.91. The zero-order valence-corrected chi connectivity index (χ0v) is 24.6. The lowest BCUT2D eigenvalue weighted by Crippen LogP contribution is -2.60. The minimum atomic E-state index is -0.948. The number of esters is 1. The number of aliphatic hydroxyl groups excluding tert-OH is 1. The number of ether oxygens (including phenoxy) is 1. The minimum absolute atomic E-state index is 0.188. The van der Waals surface area contributed by atoms with Crippen LogP contribution in [0, 0.1) is 31.1 Å². The second-order valence-corrected chi connectivity index (χ2v) is 12.4. The van der Waals surface area contributed by atoms with Crippen molar-refractivity contribution in [1.29, 1.82) is 5.26 Å². The van der Waals surface area contributed by atoms with Crippen molar-refractivity contribution >= 4 is 29.3 Å². The van der Waals surface area contributed by atoms with E-state index in [9.17, 15) is 15.2 Å². The summed E-state index contributed by atoms with van der Waals surface area (Å²) in [7, 11) is 1.71. The molecule has 2 aliphatic rings. The summed E-state index contributed by atoms with van der Waals surface area (Å²) in [5.41, 5.74) is 2.06. The molecule has 0 amide bonds. The first-order valence-corrected chi connectivity index (χ1v) is 14.4. The zero-order valence-electron chi connectivity index (χ0n) is 23.8. The third-order valence-electron chi connectivity index (χ3n) is 8.73. The number of rotatable bonds is 7. The molecular formula is C30H37ClN6O3. The molecule has 1 saturated heterocycles. The van der Waals surface area contributed by atoms with E-state index >= 15 is 0 Å². The summed E-state index contributed by atoms with van der Waals surface area (Å²) >= 11 is 6.58. The summed E-state index contributed by atoms with van der Waals surface area (Å²) in [6.45, 7) is 7.51. The number of aliphatic hydroxyl groups is 1. The van der Waals surface area contributed by atoms with E-state index in [4.69, 9.17) is 16.3 Å². The van der Waals surface area contributed by atoms with E-state index in [1.807, 2.05) is 52.0 Å². The molecule has 3 unspecified atom stereocenters. The third kappa shape index (κ3) is 5.15. The molecule has 212 valence electrons. The number of aromatic nitrogens is 4. The summed E-state index contributed by atoms with van der Waals surface area (Å²) in [5, 5.41) is 26.1. The van der Waals surface area contributed by atoms with Crippen LogP contribution in [0.25, 0.3) is 5.78 Å². The summed E-state index contributed by atoms with van der Waals surface area (Å²) in [6, 6.07) is 9.11. The summed E-state index contributed by atoms with van der Waals surface area (Å²) in [4.78, 5) is 24.2. The van der Waals surface area contributed by atoms with Gasteiger partial charge in [-0.3, -0.25) is 0 Å². The number of aryl methyl sites for hydroxylation is 3. The summed E-state index contributed by atoms with van der Waals surface area (Å²) in [5.74, 6) is 0.483. The quantitative estimate of drug-likeness (QED) is 0.404.